The molecular weight excluding hydrogens is 274 g/mol. The molecule has 0 saturated carbocycles. The maximum atomic E-state index is 11.8. The summed E-state index contributed by atoms with van der Waals surface area (Å²) in [7, 11) is 2.83. The lowest BCUT2D eigenvalue weighted by Gasteiger charge is -2.18. The van der Waals surface area contributed by atoms with Gasteiger partial charge < -0.3 is 20.1 Å². The van der Waals surface area contributed by atoms with Crippen molar-refractivity contribution in [2.45, 2.75) is 33.2 Å². The molecule has 0 aliphatic rings. The summed E-state index contributed by atoms with van der Waals surface area (Å²) < 4.78 is 9.83. The van der Waals surface area contributed by atoms with Gasteiger partial charge in [0.1, 0.15) is 6.04 Å². The third-order valence-electron chi connectivity index (χ3n) is 2.63. The van der Waals surface area contributed by atoms with Crippen molar-refractivity contribution < 1.29 is 14.3 Å². The van der Waals surface area contributed by atoms with Gasteiger partial charge in [-0.15, -0.1) is 0 Å². The maximum Gasteiger partial charge on any atom is 0.328 e. The molecule has 1 aromatic rings. The lowest BCUT2D eigenvalue weighted by molar-refractivity contribution is -0.141. The number of carbonyl (C=O) groups excluding carboxylic acids is 1. The quantitative estimate of drug-likeness (QED) is 0.693. The Morgan fingerprint density at radius 1 is 1.19 bits per heavy atom. The molecule has 0 aromatic carbocycles. The van der Waals surface area contributed by atoms with Crippen molar-refractivity contribution in [2.75, 3.05) is 31.4 Å². The van der Waals surface area contributed by atoms with Crippen LogP contribution in [0, 0.1) is 5.92 Å². The van der Waals surface area contributed by atoms with Gasteiger partial charge in [-0.05, 0) is 19.3 Å². The topological polar surface area (TPSA) is 98.3 Å². The molecule has 1 aromatic heterocycles. The van der Waals surface area contributed by atoms with Crippen molar-refractivity contribution in [3.63, 3.8) is 0 Å². The zero-order valence-corrected chi connectivity index (χ0v) is 13.1. The van der Waals surface area contributed by atoms with E-state index in [-0.39, 0.29) is 17.9 Å². The van der Waals surface area contributed by atoms with Crippen LogP contribution < -0.4 is 15.4 Å². The molecule has 118 valence electrons. The van der Waals surface area contributed by atoms with Crippen molar-refractivity contribution in [2.24, 2.45) is 5.92 Å². The van der Waals surface area contributed by atoms with Crippen molar-refractivity contribution >= 4 is 17.9 Å². The van der Waals surface area contributed by atoms with Gasteiger partial charge >= 0.3 is 12.0 Å². The number of aromatic nitrogens is 3. The molecule has 8 nitrogen and oxygen atoms in total. The van der Waals surface area contributed by atoms with Gasteiger partial charge in [0.25, 0.3) is 0 Å². The van der Waals surface area contributed by atoms with Crippen LogP contribution in [-0.2, 0) is 9.53 Å². The number of nitrogens with zero attached hydrogens (tertiary/aromatic N) is 3. The standard InChI is InChI=1S/C13H23N5O3/c1-6-14-11-16-12(18-13(17-11)21-5)15-9(7-8(2)3)10(19)20-4/h8-9H,6-7H2,1-5H3,(H2,14,15,16,17,18). The molecule has 0 spiro atoms. The van der Waals surface area contributed by atoms with Gasteiger partial charge in [0, 0.05) is 6.54 Å². The second-order valence-corrected chi connectivity index (χ2v) is 4.85. The summed E-state index contributed by atoms with van der Waals surface area (Å²) in [6.07, 6.45) is 0.608. The average molecular weight is 297 g/mol. The van der Waals surface area contributed by atoms with Crippen molar-refractivity contribution in [1.82, 2.24) is 15.0 Å². The van der Waals surface area contributed by atoms with E-state index in [0.29, 0.717) is 24.8 Å². The fourth-order valence-corrected chi connectivity index (χ4v) is 1.73. The number of hydrogen-bond donors (Lipinski definition) is 2. The van der Waals surface area contributed by atoms with Gasteiger partial charge in [-0.2, -0.15) is 15.0 Å². The van der Waals surface area contributed by atoms with Gasteiger partial charge in [0.05, 0.1) is 14.2 Å². The van der Waals surface area contributed by atoms with Crippen LogP contribution in [-0.4, -0.2) is 47.7 Å². The molecule has 0 aliphatic heterocycles. The molecule has 0 radical (unpaired) electrons. The SMILES string of the molecule is CCNc1nc(NC(CC(C)C)C(=O)OC)nc(OC)n1. The van der Waals surface area contributed by atoms with Gasteiger partial charge in [0.2, 0.25) is 11.9 Å². The first-order valence-electron chi connectivity index (χ1n) is 6.88. The number of nitrogens with one attached hydrogen (secondary N) is 2. The molecule has 0 amide bonds. The van der Waals surface area contributed by atoms with Crippen LogP contribution in [0.5, 0.6) is 6.01 Å². The van der Waals surface area contributed by atoms with Gasteiger partial charge in [-0.3, -0.25) is 0 Å². The van der Waals surface area contributed by atoms with Crippen LogP contribution in [0.15, 0.2) is 0 Å². The van der Waals surface area contributed by atoms with Crippen LogP contribution in [0.4, 0.5) is 11.9 Å². The highest BCUT2D eigenvalue weighted by Gasteiger charge is 2.22. The molecule has 0 fully saturated rings. The van der Waals surface area contributed by atoms with Gasteiger partial charge in [-0.25, -0.2) is 4.79 Å². The van der Waals surface area contributed by atoms with Crippen LogP contribution in [0.1, 0.15) is 27.2 Å². The Labute approximate surface area is 124 Å². The van der Waals surface area contributed by atoms with E-state index >= 15 is 0 Å². The minimum absolute atomic E-state index is 0.177. The molecule has 0 aliphatic carbocycles. The van der Waals surface area contributed by atoms with Gasteiger partial charge in [-0.1, -0.05) is 13.8 Å². The third kappa shape index (κ3) is 5.41. The Bertz CT molecular complexity index is 467. The Balaban J connectivity index is 2.95. The first-order valence-corrected chi connectivity index (χ1v) is 6.88. The van der Waals surface area contributed by atoms with Crippen molar-refractivity contribution in [3.8, 4) is 6.01 Å². The Morgan fingerprint density at radius 2 is 1.86 bits per heavy atom. The Kier molecular flexibility index (Phi) is 6.64. The van der Waals surface area contributed by atoms with Crippen LogP contribution in [0.2, 0.25) is 0 Å². The number of anilines is 2. The second-order valence-electron chi connectivity index (χ2n) is 4.85. The zero-order chi connectivity index (χ0) is 15.8. The monoisotopic (exact) mass is 297 g/mol. The minimum Gasteiger partial charge on any atom is -0.467 e. The molecule has 1 unspecified atom stereocenters. The smallest absolute Gasteiger partial charge is 0.328 e. The summed E-state index contributed by atoms with van der Waals surface area (Å²) in [5, 5.41) is 5.96. The zero-order valence-electron chi connectivity index (χ0n) is 13.1. The van der Waals surface area contributed by atoms with E-state index < -0.39 is 6.04 Å². The average Bonchev–Trinajstić information content (AvgIpc) is 2.45. The van der Waals surface area contributed by atoms with E-state index in [1.165, 1.54) is 14.2 Å². The van der Waals surface area contributed by atoms with E-state index in [9.17, 15) is 4.79 Å². The van der Waals surface area contributed by atoms with Crippen LogP contribution in [0.3, 0.4) is 0 Å². The number of hydrogen-bond acceptors (Lipinski definition) is 8. The number of carbonyl (C=O) groups is 1. The number of rotatable bonds is 8. The summed E-state index contributed by atoms with van der Waals surface area (Å²) >= 11 is 0. The third-order valence-corrected chi connectivity index (χ3v) is 2.63. The summed E-state index contributed by atoms with van der Waals surface area (Å²) in [5.74, 6) is 0.625. The highest BCUT2D eigenvalue weighted by Crippen LogP contribution is 2.15. The summed E-state index contributed by atoms with van der Waals surface area (Å²) in [6.45, 7) is 6.64. The number of ether oxygens (including phenoxy) is 2. The first kappa shape index (κ1) is 16.9. The molecule has 0 saturated heterocycles. The van der Waals surface area contributed by atoms with E-state index in [1.807, 2.05) is 20.8 Å². The highest BCUT2D eigenvalue weighted by molar-refractivity contribution is 5.78. The highest BCUT2D eigenvalue weighted by atomic mass is 16.5. The maximum absolute atomic E-state index is 11.8. The minimum atomic E-state index is -0.517. The molecule has 8 heteroatoms. The molecule has 1 rings (SSSR count). The first-order chi connectivity index (χ1) is 9.99. The van der Waals surface area contributed by atoms with E-state index in [4.69, 9.17) is 9.47 Å². The normalized spacial score (nSPS) is 11.9. The molecule has 1 heterocycles. The molecular formula is C13H23N5O3. The predicted octanol–water partition coefficient (Wildman–Crippen LogP) is 1.31. The van der Waals surface area contributed by atoms with Crippen LogP contribution >= 0.6 is 0 Å². The molecule has 2 N–H and O–H groups in total. The van der Waals surface area contributed by atoms with Gasteiger partial charge in [0.15, 0.2) is 0 Å². The Hall–Kier alpha value is -2.12. The van der Waals surface area contributed by atoms with Crippen molar-refractivity contribution in [1.29, 1.82) is 0 Å². The van der Waals surface area contributed by atoms with E-state index in [0.717, 1.165) is 0 Å². The molecule has 0 bridgehead atoms. The molecule has 21 heavy (non-hydrogen) atoms. The predicted molar refractivity (Wildman–Crippen MR) is 79.4 cm³/mol. The fourth-order valence-electron chi connectivity index (χ4n) is 1.73. The van der Waals surface area contributed by atoms with E-state index in [1.54, 1.807) is 0 Å². The summed E-state index contributed by atoms with van der Waals surface area (Å²) in [5.41, 5.74) is 0. The number of methoxy groups -OCH3 is 2. The van der Waals surface area contributed by atoms with E-state index in [2.05, 4.69) is 25.6 Å². The van der Waals surface area contributed by atoms with Crippen LogP contribution in [0.25, 0.3) is 0 Å². The number of esters is 1. The van der Waals surface area contributed by atoms with Crippen molar-refractivity contribution in [3.05, 3.63) is 0 Å². The lowest BCUT2D eigenvalue weighted by atomic mass is 10.0. The molecule has 1 atom stereocenters. The largest absolute Gasteiger partial charge is 0.467 e. The summed E-state index contributed by atoms with van der Waals surface area (Å²) in [4.78, 5) is 24.2. The lowest BCUT2D eigenvalue weighted by Crippen LogP contribution is -2.33. The summed E-state index contributed by atoms with van der Waals surface area (Å²) in [6, 6.07) is -0.340. The second kappa shape index (κ2) is 8.23. The fraction of sp³-hybridized carbons (Fsp3) is 0.692. The Morgan fingerprint density at radius 3 is 2.38 bits per heavy atom.